The number of nitrogens with one attached hydrogen (secondary N) is 1. The quantitative estimate of drug-likeness (QED) is 0.700. The lowest BCUT2D eigenvalue weighted by Crippen LogP contribution is -2.41. The van der Waals surface area contributed by atoms with Gasteiger partial charge in [-0.15, -0.1) is 0 Å². The second-order valence-corrected chi connectivity index (χ2v) is 6.74. The first-order valence-corrected chi connectivity index (χ1v) is 8.44. The molecule has 0 saturated carbocycles. The lowest BCUT2D eigenvalue weighted by Gasteiger charge is -2.24. The van der Waals surface area contributed by atoms with Gasteiger partial charge in [-0.2, -0.15) is 0 Å². The molecule has 0 radical (unpaired) electrons. The van der Waals surface area contributed by atoms with E-state index in [0.717, 1.165) is 19.4 Å². The zero-order chi connectivity index (χ0) is 14.3. The molecule has 1 aliphatic heterocycles. The summed E-state index contributed by atoms with van der Waals surface area (Å²) in [7, 11) is -3.20. The van der Waals surface area contributed by atoms with Gasteiger partial charge in [0.15, 0.2) is 0 Å². The molecule has 112 valence electrons. The highest BCUT2D eigenvalue weighted by Crippen LogP contribution is 2.13. The van der Waals surface area contributed by atoms with Crippen LogP contribution in [-0.2, 0) is 19.6 Å². The molecule has 1 unspecified atom stereocenters. The molecule has 19 heavy (non-hydrogen) atoms. The van der Waals surface area contributed by atoms with Gasteiger partial charge in [-0.05, 0) is 19.3 Å². The normalized spacial score (nSPS) is 19.6. The Morgan fingerprint density at radius 2 is 2.21 bits per heavy atom. The Kier molecular flexibility index (Phi) is 6.74. The van der Waals surface area contributed by atoms with Crippen molar-refractivity contribution < 1.29 is 17.9 Å². The van der Waals surface area contributed by atoms with E-state index in [2.05, 4.69) is 4.72 Å². The van der Waals surface area contributed by atoms with Crippen molar-refractivity contribution >= 4 is 15.9 Å². The summed E-state index contributed by atoms with van der Waals surface area (Å²) in [6.45, 7) is 5.26. The minimum atomic E-state index is -3.20. The van der Waals surface area contributed by atoms with Crippen LogP contribution in [0.4, 0.5) is 0 Å². The Balaban J connectivity index is 2.35. The molecule has 7 heteroatoms. The first-order chi connectivity index (χ1) is 8.94. The summed E-state index contributed by atoms with van der Waals surface area (Å²) >= 11 is 0. The van der Waals surface area contributed by atoms with Gasteiger partial charge in [-0.3, -0.25) is 4.79 Å². The summed E-state index contributed by atoms with van der Waals surface area (Å²) < 4.78 is 31.0. The van der Waals surface area contributed by atoms with E-state index in [0.29, 0.717) is 19.5 Å². The fourth-order valence-corrected chi connectivity index (χ4v) is 3.17. The number of ether oxygens (including phenoxy) is 1. The van der Waals surface area contributed by atoms with Crippen LogP contribution in [0.5, 0.6) is 0 Å². The van der Waals surface area contributed by atoms with Crippen molar-refractivity contribution in [2.75, 3.05) is 32.0 Å². The van der Waals surface area contributed by atoms with Crippen LogP contribution < -0.4 is 4.72 Å². The van der Waals surface area contributed by atoms with Crippen LogP contribution in [0.1, 0.15) is 33.1 Å². The molecular weight excluding hydrogens is 268 g/mol. The molecule has 1 aliphatic rings. The minimum Gasteiger partial charge on any atom is -0.376 e. The van der Waals surface area contributed by atoms with Gasteiger partial charge in [0.2, 0.25) is 15.9 Å². The van der Waals surface area contributed by atoms with Crippen LogP contribution in [0, 0.1) is 0 Å². The van der Waals surface area contributed by atoms with Crippen molar-refractivity contribution in [3.63, 3.8) is 0 Å². The average molecular weight is 292 g/mol. The third-order valence-electron chi connectivity index (χ3n) is 3.07. The van der Waals surface area contributed by atoms with Gasteiger partial charge in [0.05, 0.1) is 11.9 Å². The smallest absolute Gasteiger partial charge is 0.219 e. The Morgan fingerprint density at radius 1 is 1.47 bits per heavy atom. The molecule has 0 aromatic heterocycles. The van der Waals surface area contributed by atoms with Gasteiger partial charge in [0.25, 0.3) is 0 Å². The molecule has 1 fully saturated rings. The maximum atomic E-state index is 11.5. The molecule has 1 amide bonds. The van der Waals surface area contributed by atoms with Crippen LogP contribution in [0.15, 0.2) is 0 Å². The lowest BCUT2D eigenvalue weighted by molar-refractivity contribution is -0.130. The molecule has 0 bridgehead atoms. The predicted octanol–water partition coefficient (Wildman–Crippen LogP) is 0.343. The summed E-state index contributed by atoms with van der Waals surface area (Å²) in [6.07, 6.45) is 2.67. The van der Waals surface area contributed by atoms with Crippen molar-refractivity contribution in [2.45, 2.75) is 39.2 Å². The van der Waals surface area contributed by atoms with Crippen LogP contribution >= 0.6 is 0 Å². The van der Waals surface area contributed by atoms with Gasteiger partial charge in [0.1, 0.15) is 0 Å². The van der Waals surface area contributed by atoms with E-state index in [4.69, 9.17) is 4.74 Å². The second-order valence-electron chi connectivity index (χ2n) is 4.81. The van der Waals surface area contributed by atoms with Crippen LogP contribution in [0.2, 0.25) is 0 Å². The minimum absolute atomic E-state index is 0.0508. The molecule has 1 saturated heterocycles. The number of carbonyl (C=O) groups is 1. The van der Waals surface area contributed by atoms with Gasteiger partial charge in [-0.1, -0.05) is 6.92 Å². The topological polar surface area (TPSA) is 75.7 Å². The fraction of sp³-hybridized carbons (Fsp3) is 0.917. The summed E-state index contributed by atoms with van der Waals surface area (Å²) in [5, 5.41) is 0. The van der Waals surface area contributed by atoms with E-state index in [9.17, 15) is 13.2 Å². The zero-order valence-corrected chi connectivity index (χ0v) is 12.5. The van der Waals surface area contributed by atoms with E-state index >= 15 is 0 Å². The fourth-order valence-electron chi connectivity index (χ4n) is 2.09. The van der Waals surface area contributed by atoms with Gasteiger partial charge in [-0.25, -0.2) is 13.1 Å². The third kappa shape index (κ3) is 6.35. The predicted molar refractivity (Wildman–Crippen MR) is 73.3 cm³/mol. The Labute approximate surface area is 115 Å². The second kappa shape index (κ2) is 7.81. The zero-order valence-electron chi connectivity index (χ0n) is 11.7. The Morgan fingerprint density at radius 3 is 2.74 bits per heavy atom. The highest BCUT2D eigenvalue weighted by Gasteiger charge is 2.20. The molecule has 0 aliphatic carbocycles. The molecule has 0 aromatic rings. The lowest BCUT2D eigenvalue weighted by atomic mass is 10.2. The number of hydrogen-bond donors (Lipinski definition) is 1. The van der Waals surface area contributed by atoms with Gasteiger partial charge >= 0.3 is 0 Å². The van der Waals surface area contributed by atoms with E-state index < -0.39 is 10.0 Å². The Bertz CT molecular complexity index is 377. The molecule has 1 heterocycles. The summed E-state index contributed by atoms with van der Waals surface area (Å²) in [6, 6.07) is 0. The maximum Gasteiger partial charge on any atom is 0.219 e. The van der Waals surface area contributed by atoms with Crippen LogP contribution in [0.25, 0.3) is 0 Å². The van der Waals surface area contributed by atoms with Gasteiger partial charge < -0.3 is 9.64 Å². The number of hydrogen-bond acceptors (Lipinski definition) is 4. The van der Waals surface area contributed by atoms with E-state index in [-0.39, 0.29) is 24.3 Å². The summed E-state index contributed by atoms with van der Waals surface area (Å²) in [5.41, 5.74) is 0. The first kappa shape index (κ1) is 16.4. The number of rotatable bonds is 8. The number of carbonyl (C=O) groups excluding carboxylic acids is 1. The average Bonchev–Trinajstić information content (AvgIpc) is 2.80. The molecule has 6 nitrogen and oxygen atoms in total. The van der Waals surface area contributed by atoms with E-state index in [1.807, 2.05) is 6.92 Å². The highest BCUT2D eigenvalue weighted by molar-refractivity contribution is 7.89. The third-order valence-corrected chi connectivity index (χ3v) is 4.66. The van der Waals surface area contributed by atoms with Crippen LogP contribution in [-0.4, -0.2) is 57.3 Å². The maximum absolute atomic E-state index is 11.5. The van der Waals surface area contributed by atoms with E-state index in [1.54, 1.807) is 4.90 Å². The van der Waals surface area contributed by atoms with Crippen molar-refractivity contribution in [1.29, 1.82) is 0 Å². The Hall–Kier alpha value is -0.660. The van der Waals surface area contributed by atoms with Crippen molar-refractivity contribution in [1.82, 2.24) is 9.62 Å². The SMILES string of the molecule is CCCS(=O)(=O)NCCN(CC1CCCO1)C(C)=O. The van der Waals surface area contributed by atoms with Crippen LogP contribution in [0.3, 0.4) is 0 Å². The molecular formula is C12H24N2O4S. The van der Waals surface area contributed by atoms with Crippen molar-refractivity contribution in [3.05, 3.63) is 0 Å². The monoisotopic (exact) mass is 292 g/mol. The molecule has 1 atom stereocenters. The summed E-state index contributed by atoms with van der Waals surface area (Å²) in [4.78, 5) is 13.1. The highest BCUT2D eigenvalue weighted by atomic mass is 32.2. The molecule has 0 spiro atoms. The van der Waals surface area contributed by atoms with Gasteiger partial charge in [0, 0.05) is 33.2 Å². The number of nitrogens with zero attached hydrogens (tertiary/aromatic N) is 1. The molecule has 1 rings (SSSR count). The standard InChI is InChI=1S/C12H24N2O4S/c1-3-9-19(16,17)13-6-7-14(11(2)15)10-12-5-4-8-18-12/h12-13H,3-10H2,1-2H3. The van der Waals surface area contributed by atoms with Crippen molar-refractivity contribution in [3.8, 4) is 0 Å². The molecule has 0 aromatic carbocycles. The number of sulfonamides is 1. The first-order valence-electron chi connectivity index (χ1n) is 6.79. The van der Waals surface area contributed by atoms with Crippen molar-refractivity contribution in [2.24, 2.45) is 0 Å². The van der Waals surface area contributed by atoms with E-state index in [1.165, 1.54) is 6.92 Å². The summed E-state index contributed by atoms with van der Waals surface area (Å²) in [5.74, 6) is 0.0731. The number of amides is 1. The molecule has 1 N–H and O–H groups in total. The largest absolute Gasteiger partial charge is 0.376 e.